The van der Waals surface area contributed by atoms with Gasteiger partial charge in [-0.15, -0.1) is 0 Å². The van der Waals surface area contributed by atoms with Crippen LogP contribution in [0, 0.1) is 6.92 Å². The van der Waals surface area contributed by atoms with Gasteiger partial charge in [-0.3, -0.25) is 9.36 Å². The largest absolute Gasteiger partial charge is 0.493 e. The summed E-state index contributed by atoms with van der Waals surface area (Å²) in [6, 6.07) is 12.2. The lowest BCUT2D eigenvalue weighted by Gasteiger charge is -2.12. The lowest BCUT2D eigenvalue weighted by molar-refractivity contribution is -0.111. The molecule has 0 saturated carbocycles. The molecule has 2 aromatic carbocycles. The highest BCUT2D eigenvalue weighted by atomic mass is 16.5. The van der Waals surface area contributed by atoms with Gasteiger partial charge >= 0.3 is 0 Å². The van der Waals surface area contributed by atoms with E-state index in [1.165, 1.54) is 27.4 Å². The van der Waals surface area contributed by atoms with Crippen LogP contribution in [0.5, 0.6) is 28.9 Å². The van der Waals surface area contributed by atoms with E-state index in [0.29, 0.717) is 46.2 Å². The zero-order chi connectivity index (χ0) is 25.5. The van der Waals surface area contributed by atoms with Crippen molar-refractivity contribution in [3.8, 4) is 34.7 Å². The quantitative estimate of drug-likeness (QED) is 0.345. The maximum absolute atomic E-state index is 12.4. The van der Waals surface area contributed by atoms with E-state index in [1.54, 1.807) is 78.8 Å². The SMILES string of the molecule is COc1cc(/C=C/C(=O)Nc2ccc(Oc3cc(-n4ccnc4)nc(C)n3)cc2)cc(OC)c1OC. The number of aromatic nitrogens is 4. The summed E-state index contributed by atoms with van der Waals surface area (Å²) < 4.78 is 23.7. The van der Waals surface area contributed by atoms with Crippen molar-refractivity contribution in [3.63, 3.8) is 0 Å². The van der Waals surface area contributed by atoms with Gasteiger partial charge in [-0.2, -0.15) is 4.98 Å². The van der Waals surface area contributed by atoms with Crippen molar-refractivity contribution in [2.75, 3.05) is 26.6 Å². The Labute approximate surface area is 208 Å². The molecule has 4 aromatic rings. The first-order valence-corrected chi connectivity index (χ1v) is 10.9. The van der Waals surface area contributed by atoms with Gasteiger partial charge in [-0.1, -0.05) is 0 Å². The molecule has 0 aliphatic rings. The Morgan fingerprint density at radius 1 is 0.972 bits per heavy atom. The van der Waals surface area contributed by atoms with Crippen molar-refractivity contribution >= 4 is 17.7 Å². The van der Waals surface area contributed by atoms with Gasteiger partial charge in [0.05, 0.1) is 21.3 Å². The molecule has 0 aliphatic carbocycles. The predicted molar refractivity (Wildman–Crippen MR) is 134 cm³/mol. The zero-order valence-electron chi connectivity index (χ0n) is 20.3. The highest BCUT2D eigenvalue weighted by Crippen LogP contribution is 2.38. The first-order valence-electron chi connectivity index (χ1n) is 10.9. The lowest BCUT2D eigenvalue weighted by Crippen LogP contribution is -2.07. The Balaban J connectivity index is 1.41. The summed E-state index contributed by atoms with van der Waals surface area (Å²) >= 11 is 0. The van der Waals surface area contributed by atoms with Gasteiger partial charge in [0.2, 0.25) is 17.5 Å². The number of hydrogen-bond acceptors (Lipinski definition) is 8. The van der Waals surface area contributed by atoms with Crippen molar-refractivity contribution in [2.45, 2.75) is 6.92 Å². The molecule has 10 heteroatoms. The second kappa shape index (κ2) is 11.0. The fourth-order valence-corrected chi connectivity index (χ4v) is 3.38. The molecule has 36 heavy (non-hydrogen) atoms. The Hall–Kier alpha value is -4.86. The number of nitrogens with zero attached hydrogens (tertiary/aromatic N) is 4. The van der Waals surface area contributed by atoms with Crippen LogP contribution in [-0.2, 0) is 4.79 Å². The minimum absolute atomic E-state index is 0.297. The molecule has 0 unspecified atom stereocenters. The number of anilines is 1. The average Bonchev–Trinajstić information content (AvgIpc) is 3.43. The average molecular weight is 488 g/mol. The van der Waals surface area contributed by atoms with Crippen LogP contribution in [-0.4, -0.2) is 46.8 Å². The number of carbonyl (C=O) groups is 1. The summed E-state index contributed by atoms with van der Waals surface area (Å²) in [7, 11) is 4.61. The summed E-state index contributed by atoms with van der Waals surface area (Å²) in [5.41, 5.74) is 1.33. The lowest BCUT2D eigenvalue weighted by atomic mass is 10.1. The fourth-order valence-electron chi connectivity index (χ4n) is 3.38. The molecule has 0 radical (unpaired) electrons. The zero-order valence-corrected chi connectivity index (χ0v) is 20.3. The van der Waals surface area contributed by atoms with E-state index >= 15 is 0 Å². The minimum Gasteiger partial charge on any atom is -0.493 e. The van der Waals surface area contributed by atoms with Gasteiger partial charge in [0.1, 0.15) is 23.7 Å². The Morgan fingerprint density at radius 2 is 1.69 bits per heavy atom. The third-order valence-electron chi connectivity index (χ3n) is 5.03. The molecule has 0 aliphatic heterocycles. The first-order chi connectivity index (χ1) is 17.5. The summed E-state index contributed by atoms with van der Waals surface area (Å²) in [6.45, 7) is 1.79. The number of rotatable bonds is 9. The molecule has 184 valence electrons. The normalized spacial score (nSPS) is 10.8. The molecule has 1 amide bonds. The van der Waals surface area contributed by atoms with Crippen molar-refractivity contribution < 1.29 is 23.7 Å². The number of benzene rings is 2. The van der Waals surface area contributed by atoms with E-state index in [9.17, 15) is 4.79 Å². The summed E-state index contributed by atoms with van der Waals surface area (Å²) in [5.74, 6) is 3.38. The molecule has 0 atom stereocenters. The van der Waals surface area contributed by atoms with Gasteiger partial charge in [-0.25, -0.2) is 9.97 Å². The van der Waals surface area contributed by atoms with Crippen molar-refractivity contribution in [3.05, 3.63) is 78.6 Å². The maximum Gasteiger partial charge on any atom is 0.248 e. The van der Waals surface area contributed by atoms with Gasteiger partial charge in [0.25, 0.3) is 0 Å². The van der Waals surface area contributed by atoms with Crippen molar-refractivity contribution in [1.29, 1.82) is 0 Å². The molecular formula is C26H25N5O5. The summed E-state index contributed by atoms with van der Waals surface area (Å²) in [6.07, 6.45) is 8.20. The fraction of sp³-hybridized carbons (Fsp3) is 0.154. The van der Waals surface area contributed by atoms with Crippen LogP contribution in [0.4, 0.5) is 5.69 Å². The van der Waals surface area contributed by atoms with Crippen LogP contribution in [0.1, 0.15) is 11.4 Å². The predicted octanol–water partition coefficient (Wildman–Crippen LogP) is 4.44. The highest BCUT2D eigenvalue weighted by molar-refractivity contribution is 6.02. The molecule has 10 nitrogen and oxygen atoms in total. The smallest absolute Gasteiger partial charge is 0.248 e. The highest BCUT2D eigenvalue weighted by Gasteiger charge is 2.12. The summed E-state index contributed by atoms with van der Waals surface area (Å²) in [4.78, 5) is 25.2. The van der Waals surface area contributed by atoms with Gasteiger partial charge in [0.15, 0.2) is 11.5 Å². The number of amides is 1. The van der Waals surface area contributed by atoms with E-state index in [2.05, 4.69) is 20.3 Å². The molecule has 0 spiro atoms. The monoisotopic (exact) mass is 487 g/mol. The molecule has 2 heterocycles. The van der Waals surface area contributed by atoms with Gasteiger partial charge in [0, 0.05) is 30.2 Å². The molecule has 0 fully saturated rings. The van der Waals surface area contributed by atoms with E-state index in [1.807, 2.05) is 0 Å². The van der Waals surface area contributed by atoms with E-state index in [4.69, 9.17) is 18.9 Å². The Kier molecular flexibility index (Phi) is 7.45. The maximum atomic E-state index is 12.4. The van der Waals surface area contributed by atoms with Crippen LogP contribution in [0.3, 0.4) is 0 Å². The topological polar surface area (TPSA) is 110 Å². The van der Waals surface area contributed by atoms with E-state index in [-0.39, 0.29) is 5.91 Å². The van der Waals surface area contributed by atoms with Crippen LogP contribution >= 0.6 is 0 Å². The molecule has 4 rings (SSSR count). The van der Waals surface area contributed by atoms with Crippen molar-refractivity contribution in [1.82, 2.24) is 19.5 Å². The summed E-state index contributed by atoms with van der Waals surface area (Å²) in [5, 5.41) is 2.82. The number of methoxy groups -OCH3 is 3. The van der Waals surface area contributed by atoms with Crippen LogP contribution in [0.2, 0.25) is 0 Å². The molecule has 1 N–H and O–H groups in total. The first kappa shape index (κ1) is 24.3. The Morgan fingerprint density at radius 3 is 2.31 bits per heavy atom. The minimum atomic E-state index is -0.297. The van der Waals surface area contributed by atoms with Crippen molar-refractivity contribution in [2.24, 2.45) is 0 Å². The van der Waals surface area contributed by atoms with Gasteiger partial charge in [-0.05, 0) is 55.0 Å². The van der Waals surface area contributed by atoms with Crippen LogP contribution < -0.4 is 24.3 Å². The Bertz CT molecular complexity index is 1340. The van der Waals surface area contributed by atoms with E-state index in [0.717, 1.165) is 5.56 Å². The van der Waals surface area contributed by atoms with Crippen LogP contribution in [0.25, 0.3) is 11.9 Å². The third-order valence-corrected chi connectivity index (χ3v) is 5.03. The number of carbonyl (C=O) groups excluding carboxylic acids is 1. The standard InChI is InChI=1S/C26H25N5O5/c1-17-28-23(31-12-11-27-16-31)15-25(29-17)36-20-8-6-19(7-9-20)30-24(32)10-5-18-13-21(33-2)26(35-4)22(14-18)34-3/h5-16H,1-4H3,(H,30,32)/b10-5+. The number of ether oxygens (including phenoxy) is 4. The number of hydrogen-bond donors (Lipinski definition) is 1. The molecular weight excluding hydrogens is 462 g/mol. The number of nitrogens with one attached hydrogen (secondary N) is 1. The third kappa shape index (κ3) is 5.79. The second-order valence-corrected chi connectivity index (χ2v) is 7.49. The second-order valence-electron chi connectivity index (χ2n) is 7.49. The molecule has 0 saturated heterocycles. The van der Waals surface area contributed by atoms with Crippen LogP contribution in [0.15, 0.2) is 67.3 Å². The van der Waals surface area contributed by atoms with Gasteiger partial charge < -0.3 is 24.3 Å². The molecule has 2 aromatic heterocycles. The molecule has 0 bridgehead atoms. The number of imidazole rings is 1. The van der Waals surface area contributed by atoms with E-state index < -0.39 is 0 Å². The number of aryl methyl sites for hydroxylation is 1.